The summed E-state index contributed by atoms with van der Waals surface area (Å²) < 4.78 is 56.9. The van der Waals surface area contributed by atoms with Crippen molar-refractivity contribution in [3.05, 3.63) is 95.1 Å². The molecule has 1 aliphatic rings. The fraction of sp³-hybridized carbons (Fsp3) is 0.387. The van der Waals surface area contributed by atoms with Crippen molar-refractivity contribution < 1.29 is 27.1 Å². The van der Waals surface area contributed by atoms with Gasteiger partial charge in [0.2, 0.25) is 0 Å². The summed E-state index contributed by atoms with van der Waals surface area (Å²) >= 11 is -2.28. The lowest BCUT2D eigenvalue weighted by Crippen LogP contribution is -2.49. The Morgan fingerprint density at radius 3 is 2.33 bits per heavy atom. The molecule has 226 valence electrons. The van der Waals surface area contributed by atoms with E-state index in [1.807, 2.05) is 36.4 Å². The zero-order valence-corrected chi connectivity index (χ0v) is 24.5. The summed E-state index contributed by atoms with van der Waals surface area (Å²) in [5.74, 6) is -0.705. The number of nitrogens with zero attached hydrogens (tertiary/aromatic N) is 2. The summed E-state index contributed by atoms with van der Waals surface area (Å²) in [6.45, 7) is 5.77. The van der Waals surface area contributed by atoms with Crippen molar-refractivity contribution in [2.75, 3.05) is 25.0 Å². The summed E-state index contributed by atoms with van der Waals surface area (Å²) in [5.41, 5.74) is 3.00. The van der Waals surface area contributed by atoms with Crippen molar-refractivity contribution in [3.63, 3.8) is 0 Å². The lowest BCUT2D eigenvalue weighted by atomic mass is 10.0. The van der Waals surface area contributed by atoms with Gasteiger partial charge in [-0.15, -0.1) is 0 Å². The maximum Gasteiger partial charge on any atom is 0.322 e. The van der Waals surface area contributed by atoms with Crippen LogP contribution in [0.4, 0.5) is 19.3 Å². The third kappa shape index (κ3) is 9.59. The van der Waals surface area contributed by atoms with E-state index in [0.717, 1.165) is 74.3 Å². The van der Waals surface area contributed by atoms with E-state index in [-0.39, 0.29) is 24.3 Å². The lowest BCUT2D eigenvalue weighted by molar-refractivity contribution is 0.122. The number of unbranched alkanes of at least 4 members (excludes halogenated alkanes) is 1. The highest BCUT2D eigenvalue weighted by Crippen LogP contribution is 2.23. The molecule has 1 fully saturated rings. The molecule has 4 rings (SSSR count). The number of ether oxygens (including phenoxy) is 1. The first-order chi connectivity index (χ1) is 20.3. The second kappa shape index (κ2) is 15.7. The van der Waals surface area contributed by atoms with Crippen LogP contribution in [0, 0.1) is 11.6 Å². The van der Waals surface area contributed by atoms with Crippen molar-refractivity contribution in [2.24, 2.45) is 0 Å². The van der Waals surface area contributed by atoms with Gasteiger partial charge in [-0.3, -0.25) is 9.11 Å². The van der Waals surface area contributed by atoms with Gasteiger partial charge in [0.15, 0.2) is 0 Å². The second-order valence-electron chi connectivity index (χ2n) is 10.4. The van der Waals surface area contributed by atoms with Gasteiger partial charge in [-0.05, 0) is 60.2 Å². The van der Waals surface area contributed by atoms with Crippen LogP contribution in [0.2, 0.25) is 0 Å². The first-order valence-corrected chi connectivity index (χ1v) is 15.3. The second-order valence-corrected chi connectivity index (χ2v) is 11.2. The minimum atomic E-state index is -2.28. The number of likely N-dealkylation sites (tertiary alicyclic amines) is 1. The number of amides is 2. The van der Waals surface area contributed by atoms with Gasteiger partial charge in [0, 0.05) is 56.1 Å². The number of benzene rings is 3. The number of hydrogen-bond acceptors (Lipinski definition) is 5. The topological polar surface area (TPSA) is 97.0 Å². The van der Waals surface area contributed by atoms with Crippen LogP contribution in [0.1, 0.15) is 49.3 Å². The van der Waals surface area contributed by atoms with Gasteiger partial charge >= 0.3 is 6.03 Å². The molecule has 2 amide bonds. The quantitative estimate of drug-likeness (QED) is 0.245. The maximum atomic E-state index is 14.1. The molecular weight excluding hydrogens is 562 g/mol. The van der Waals surface area contributed by atoms with Crippen molar-refractivity contribution in [3.8, 4) is 5.75 Å². The molecule has 0 bridgehead atoms. The largest absolute Gasteiger partial charge is 0.760 e. The molecule has 2 N–H and O–H groups in total. The number of piperidine rings is 1. The van der Waals surface area contributed by atoms with Crippen LogP contribution in [0.25, 0.3) is 0 Å². The van der Waals surface area contributed by atoms with E-state index < -0.39 is 22.9 Å². The molecular formula is C31H37F2N4O4S-. The summed E-state index contributed by atoms with van der Waals surface area (Å²) in [4.78, 5) is 17.2. The molecule has 3 aromatic rings. The highest BCUT2D eigenvalue weighted by molar-refractivity contribution is 7.77. The van der Waals surface area contributed by atoms with Gasteiger partial charge in [0.25, 0.3) is 0 Å². The number of halogens is 2. The van der Waals surface area contributed by atoms with Crippen LogP contribution < -0.4 is 14.8 Å². The van der Waals surface area contributed by atoms with E-state index >= 15 is 0 Å². The Balaban J connectivity index is 1.24. The lowest BCUT2D eigenvalue weighted by Gasteiger charge is -2.38. The molecule has 0 spiro atoms. The molecule has 3 aromatic carbocycles. The molecule has 0 aliphatic carbocycles. The number of nitrogens with one attached hydrogen (secondary N) is 2. The fourth-order valence-electron chi connectivity index (χ4n) is 4.96. The Labute approximate surface area is 248 Å². The minimum Gasteiger partial charge on any atom is -0.760 e. The summed E-state index contributed by atoms with van der Waals surface area (Å²) in [7, 11) is 0. The number of anilines is 1. The van der Waals surface area contributed by atoms with E-state index in [0.29, 0.717) is 13.2 Å². The minimum absolute atomic E-state index is 0.0184. The SMILES string of the molecule is CCCCN(C(=O)Nc1ccc(F)cc1F)C1CCN(Cc2ccc(OCc3ccc(CNS(=O)[O-])cc3)cc2)CC1. The number of rotatable bonds is 13. The van der Waals surface area contributed by atoms with Gasteiger partial charge in [0.05, 0.1) is 5.69 Å². The molecule has 0 saturated carbocycles. The normalized spacial score (nSPS) is 14.9. The predicted molar refractivity (Wildman–Crippen MR) is 158 cm³/mol. The van der Waals surface area contributed by atoms with E-state index in [4.69, 9.17) is 4.74 Å². The van der Waals surface area contributed by atoms with Crippen LogP contribution in [0.5, 0.6) is 5.75 Å². The fourth-order valence-corrected chi connectivity index (χ4v) is 5.24. The number of carbonyl (C=O) groups is 1. The molecule has 8 nitrogen and oxygen atoms in total. The van der Waals surface area contributed by atoms with E-state index in [1.54, 1.807) is 4.90 Å². The van der Waals surface area contributed by atoms with Crippen LogP contribution in [-0.2, 0) is 31.0 Å². The standard InChI is InChI=1S/C31H38F2N4O4S/c1-2-3-16-37(31(38)35-30-13-10-26(32)19-29(30)33)27-14-17-36(18-15-27)21-24-8-11-28(12-9-24)41-22-25-6-4-23(5-7-25)20-34-42(39)40/h4-13,19,27,34H,2-3,14-18,20-22H2,1H3,(H,35,38)(H,39,40)/p-1. The Morgan fingerprint density at radius 2 is 1.69 bits per heavy atom. The number of carbonyl (C=O) groups excluding carboxylic acids is 1. The molecule has 1 unspecified atom stereocenters. The Kier molecular flexibility index (Phi) is 11.8. The smallest absolute Gasteiger partial charge is 0.322 e. The predicted octanol–water partition coefficient (Wildman–Crippen LogP) is 5.73. The van der Waals surface area contributed by atoms with Gasteiger partial charge in [-0.1, -0.05) is 49.7 Å². The first-order valence-electron chi connectivity index (χ1n) is 14.2. The number of urea groups is 1. The average molecular weight is 600 g/mol. The zero-order valence-electron chi connectivity index (χ0n) is 23.7. The maximum absolute atomic E-state index is 14.1. The zero-order chi connectivity index (χ0) is 29.9. The van der Waals surface area contributed by atoms with Gasteiger partial charge in [0.1, 0.15) is 24.0 Å². The highest BCUT2D eigenvalue weighted by atomic mass is 32.2. The molecule has 0 radical (unpaired) electrons. The van der Waals surface area contributed by atoms with Crippen molar-refractivity contribution in [2.45, 2.75) is 58.3 Å². The third-order valence-electron chi connectivity index (χ3n) is 7.34. The van der Waals surface area contributed by atoms with Crippen molar-refractivity contribution >= 4 is 23.0 Å². The third-order valence-corrected chi connectivity index (χ3v) is 7.72. The van der Waals surface area contributed by atoms with Crippen LogP contribution >= 0.6 is 0 Å². The first kappa shape index (κ1) is 31.6. The summed E-state index contributed by atoms with van der Waals surface area (Å²) in [6, 6.07) is 18.4. The molecule has 1 saturated heterocycles. The molecule has 1 aliphatic heterocycles. The Morgan fingerprint density at radius 1 is 1.02 bits per heavy atom. The monoisotopic (exact) mass is 599 g/mol. The van der Waals surface area contributed by atoms with Crippen molar-refractivity contribution in [1.29, 1.82) is 0 Å². The van der Waals surface area contributed by atoms with Gasteiger partial charge < -0.3 is 19.5 Å². The van der Waals surface area contributed by atoms with Crippen LogP contribution in [0.15, 0.2) is 66.7 Å². The van der Waals surface area contributed by atoms with Gasteiger partial charge in [-0.2, -0.15) is 0 Å². The summed E-state index contributed by atoms with van der Waals surface area (Å²) in [6.07, 6.45) is 3.41. The van der Waals surface area contributed by atoms with Crippen LogP contribution in [0.3, 0.4) is 0 Å². The Hall–Kier alpha value is -3.38. The molecule has 0 aromatic heterocycles. The molecule has 1 heterocycles. The van der Waals surface area contributed by atoms with Crippen molar-refractivity contribution in [1.82, 2.24) is 14.5 Å². The van der Waals surface area contributed by atoms with E-state index in [2.05, 4.69) is 34.0 Å². The highest BCUT2D eigenvalue weighted by Gasteiger charge is 2.28. The number of hydrogen-bond donors (Lipinski definition) is 2. The average Bonchev–Trinajstić information content (AvgIpc) is 2.98. The molecule has 42 heavy (non-hydrogen) atoms. The molecule has 1 atom stereocenters. The van der Waals surface area contributed by atoms with Gasteiger partial charge in [-0.25, -0.2) is 18.3 Å². The van der Waals surface area contributed by atoms with E-state index in [1.165, 1.54) is 11.6 Å². The van der Waals surface area contributed by atoms with E-state index in [9.17, 15) is 22.3 Å². The Bertz CT molecular complexity index is 1320. The van der Waals surface area contributed by atoms with Crippen LogP contribution in [-0.4, -0.2) is 50.3 Å². The summed E-state index contributed by atoms with van der Waals surface area (Å²) in [5, 5.41) is 2.63. The molecule has 11 heteroatoms.